The first-order chi connectivity index (χ1) is 17.0. The predicted octanol–water partition coefficient (Wildman–Crippen LogP) is 4.02. The highest BCUT2D eigenvalue weighted by Crippen LogP contribution is 2.30. The molecule has 184 valence electrons. The van der Waals surface area contributed by atoms with Crippen molar-refractivity contribution in [3.8, 4) is 17.1 Å². The number of aromatic nitrogens is 1. The molecule has 5 rings (SSSR count). The second-order valence-corrected chi connectivity index (χ2v) is 8.95. The molecule has 35 heavy (non-hydrogen) atoms. The molecule has 2 aliphatic rings. The van der Waals surface area contributed by atoms with Gasteiger partial charge in [-0.05, 0) is 37.6 Å². The SMILES string of the molecule is Cc1ccc(OCCN2CCOCC2)cc1Nc1ncc(-c2cccc(N3CC(C)NC3=O)c2)o1. The highest BCUT2D eigenvalue weighted by Gasteiger charge is 2.27. The molecule has 9 nitrogen and oxygen atoms in total. The van der Waals surface area contributed by atoms with Crippen molar-refractivity contribution in [2.24, 2.45) is 0 Å². The fourth-order valence-electron chi connectivity index (χ4n) is 4.26. The first-order valence-corrected chi connectivity index (χ1v) is 12.0. The van der Waals surface area contributed by atoms with Crippen molar-refractivity contribution < 1.29 is 18.7 Å². The van der Waals surface area contributed by atoms with Crippen LogP contribution in [0.4, 0.5) is 22.2 Å². The van der Waals surface area contributed by atoms with Crippen molar-refractivity contribution in [2.75, 3.05) is 56.2 Å². The first-order valence-electron chi connectivity index (χ1n) is 12.0. The monoisotopic (exact) mass is 477 g/mol. The number of carbonyl (C=O) groups is 1. The van der Waals surface area contributed by atoms with Gasteiger partial charge in [-0.1, -0.05) is 18.2 Å². The van der Waals surface area contributed by atoms with Gasteiger partial charge < -0.3 is 24.5 Å². The Hall–Kier alpha value is -3.56. The van der Waals surface area contributed by atoms with Gasteiger partial charge in [-0.3, -0.25) is 9.80 Å². The Bertz CT molecular complexity index is 1170. The Balaban J connectivity index is 1.24. The molecule has 2 N–H and O–H groups in total. The lowest BCUT2D eigenvalue weighted by Crippen LogP contribution is -2.38. The molecule has 1 aromatic heterocycles. The number of nitrogens with one attached hydrogen (secondary N) is 2. The summed E-state index contributed by atoms with van der Waals surface area (Å²) in [4.78, 5) is 20.7. The molecule has 0 spiro atoms. The molecule has 2 aliphatic heterocycles. The number of morpholine rings is 1. The van der Waals surface area contributed by atoms with Crippen LogP contribution < -0.4 is 20.3 Å². The topological polar surface area (TPSA) is 92.1 Å². The van der Waals surface area contributed by atoms with Crippen LogP contribution in [0.1, 0.15) is 12.5 Å². The van der Waals surface area contributed by atoms with Gasteiger partial charge in [0.05, 0.1) is 19.4 Å². The molecule has 2 saturated heterocycles. The second kappa shape index (κ2) is 10.4. The summed E-state index contributed by atoms with van der Waals surface area (Å²) >= 11 is 0. The Morgan fingerprint density at radius 3 is 2.86 bits per heavy atom. The van der Waals surface area contributed by atoms with E-state index < -0.39 is 0 Å². The third-order valence-electron chi connectivity index (χ3n) is 6.25. The maximum absolute atomic E-state index is 12.2. The van der Waals surface area contributed by atoms with Crippen LogP contribution in [0, 0.1) is 6.92 Å². The van der Waals surface area contributed by atoms with Crippen molar-refractivity contribution in [2.45, 2.75) is 19.9 Å². The van der Waals surface area contributed by atoms with E-state index in [0.717, 1.165) is 61.1 Å². The van der Waals surface area contributed by atoms with E-state index in [1.165, 1.54) is 0 Å². The summed E-state index contributed by atoms with van der Waals surface area (Å²) in [6, 6.07) is 14.1. The molecule has 1 atom stereocenters. The van der Waals surface area contributed by atoms with E-state index in [1.54, 1.807) is 11.1 Å². The number of rotatable bonds is 8. The van der Waals surface area contributed by atoms with Gasteiger partial charge in [0.25, 0.3) is 6.01 Å². The van der Waals surface area contributed by atoms with E-state index in [4.69, 9.17) is 13.9 Å². The molecule has 9 heteroatoms. The molecular weight excluding hydrogens is 446 g/mol. The van der Waals surface area contributed by atoms with Gasteiger partial charge in [0.2, 0.25) is 0 Å². The third kappa shape index (κ3) is 5.58. The van der Waals surface area contributed by atoms with Crippen molar-refractivity contribution in [3.63, 3.8) is 0 Å². The fraction of sp³-hybridized carbons (Fsp3) is 0.385. The predicted molar refractivity (Wildman–Crippen MR) is 134 cm³/mol. The van der Waals surface area contributed by atoms with E-state index in [9.17, 15) is 4.79 Å². The van der Waals surface area contributed by atoms with Gasteiger partial charge in [0.1, 0.15) is 12.4 Å². The van der Waals surface area contributed by atoms with Crippen LogP contribution in [0.15, 0.2) is 53.1 Å². The normalized spacial score (nSPS) is 18.5. The zero-order valence-corrected chi connectivity index (χ0v) is 20.1. The highest BCUT2D eigenvalue weighted by molar-refractivity contribution is 5.95. The minimum absolute atomic E-state index is 0.0860. The van der Waals surface area contributed by atoms with Crippen molar-refractivity contribution in [1.29, 1.82) is 0 Å². The Kier molecular flexibility index (Phi) is 6.87. The van der Waals surface area contributed by atoms with Crippen molar-refractivity contribution >= 4 is 23.4 Å². The summed E-state index contributed by atoms with van der Waals surface area (Å²) in [6.45, 7) is 9.61. The smallest absolute Gasteiger partial charge is 0.322 e. The molecule has 0 saturated carbocycles. The maximum Gasteiger partial charge on any atom is 0.322 e. The van der Waals surface area contributed by atoms with Crippen LogP contribution in [0.3, 0.4) is 0 Å². The molecule has 0 aliphatic carbocycles. The summed E-state index contributed by atoms with van der Waals surface area (Å²) in [7, 11) is 0. The van der Waals surface area contributed by atoms with Crippen LogP contribution in [0.25, 0.3) is 11.3 Å². The van der Waals surface area contributed by atoms with Crippen molar-refractivity contribution in [1.82, 2.24) is 15.2 Å². The lowest BCUT2D eigenvalue weighted by molar-refractivity contribution is 0.0322. The molecule has 2 aromatic carbocycles. The number of ether oxygens (including phenoxy) is 2. The number of anilines is 3. The number of amides is 2. The van der Waals surface area contributed by atoms with Gasteiger partial charge >= 0.3 is 6.03 Å². The molecule has 3 heterocycles. The number of oxazole rings is 1. The Morgan fingerprint density at radius 1 is 1.20 bits per heavy atom. The van der Waals surface area contributed by atoms with Gasteiger partial charge in [-0.2, -0.15) is 0 Å². The fourth-order valence-corrected chi connectivity index (χ4v) is 4.26. The van der Waals surface area contributed by atoms with Crippen LogP contribution in [0.2, 0.25) is 0 Å². The first kappa shape index (κ1) is 23.2. The number of hydrogen-bond acceptors (Lipinski definition) is 7. The summed E-state index contributed by atoms with van der Waals surface area (Å²) in [5.41, 5.74) is 3.61. The van der Waals surface area contributed by atoms with Crippen LogP contribution in [0.5, 0.6) is 5.75 Å². The molecule has 2 fully saturated rings. The average Bonchev–Trinajstić information content (AvgIpc) is 3.47. The molecule has 3 aromatic rings. The van der Waals surface area contributed by atoms with E-state index in [0.29, 0.717) is 24.9 Å². The Labute approximate surface area is 205 Å². The standard InChI is InChI=1S/C26H31N5O4/c1-18-6-7-22(34-13-10-30-8-11-33-12-9-30)15-23(18)29-25-27-16-24(35-25)20-4-3-5-21(14-20)31-17-19(2)28-26(31)32/h3-7,14-16,19H,8-13,17H2,1-2H3,(H,27,29)(H,28,32). The number of urea groups is 1. The third-order valence-corrected chi connectivity index (χ3v) is 6.25. The minimum Gasteiger partial charge on any atom is -0.492 e. The molecule has 2 amide bonds. The van der Waals surface area contributed by atoms with E-state index in [-0.39, 0.29) is 12.1 Å². The quantitative estimate of drug-likeness (QED) is 0.506. The van der Waals surface area contributed by atoms with Crippen LogP contribution in [-0.2, 0) is 4.74 Å². The van der Waals surface area contributed by atoms with E-state index in [1.807, 2.05) is 56.3 Å². The molecule has 0 radical (unpaired) electrons. The number of hydrogen-bond donors (Lipinski definition) is 2. The summed E-state index contributed by atoms with van der Waals surface area (Å²) < 4.78 is 17.4. The number of benzene rings is 2. The molecule has 0 bridgehead atoms. The number of carbonyl (C=O) groups excluding carboxylic acids is 1. The molecule has 1 unspecified atom stereocenters. The lowest BCUT2D eigenvalue weighted by Gasteiger charge is -2.26. The summed E-state index contributed by atoms with van der Waals surface area (Å²) in [5, 5.41) is 6.18. The van der Waals surface area contributed by atoms with E-state index in [2.05, 4.69) is 20.5 Å². The zero-order valence-electron chi connectivity index (χ0n) is 20.1. The van der Waals surface area contributed by atoms with Crippen LogP contribution >= 0.6 is 0 Å². The maximum atomic E-state index is 12.2. The average molecular weight is 478 g/mol. The Morgan fingerprint density at radius 2 is 2.06 bits per heavy atom. The molecular formula is C26H31N5O4. The second-order valence-electron chi connectivity index (χ2n) is 8.95. The van der Waals surface area contributed by atoms with Gasteiger partial charge in [-0.15, -0.1) is 0 Å². The van der Waals surface area contributed by atoms with Gasteiger partial charge in [0, 0.05) is 55.2 Å². The van der Waals surface area contributed by atoms with E-state index >= 15 is 0 Å². The van der Waals surface area contributed by atoms with Gasteiger partial charge in [-0.25, -0.2) is 9.78 Å². The van der Waals surface area contributed by atoms with Crippen LogP contribution in [-0.4, -0.2) is 68.0 Å². The summed E-state index contributed by atoms with van der Waals surface area (Å²) in [6.07, 6.45) is 1.69. The minimum atomic E-state index is -0.0860. The van der Waals surface area contributed by atoms with Crippen molar-refractivity contribution in [3.05, 3.63) is 54.2 Å². The lowest BCUT2D eigenvalue weighted by atomic mass is 10.1. The largest absolute Gasteiger partial charge is 0.492 e. The number of nitrogens with zero attached hydrogens (tertiary/aromatic N) is 3. The number of aryl methyl sites for hydroxylation is 1. The van der Waals surface area contributed by atoms with Gasteiger partial charge in [0.15, 0.2) is 5.76 Å². The highest BCUT2D eigenvalue weighted by atomic mass is 16.5. The summed E-state index contributed by atoms with van der Waals surface area (Å²) in [5.74, 6) is 1.42. The zero-order chi connectivity index (χ0) is 24.2.